The monoisotopic (exact) mass is 218 g/mol. The lowest BCUT2D eigenvalue weighted by Gasteiger charge is -1.99. The van der Waals surface area contributed by atoms with E-state index in [4.69, 9.17) is 9.47 Å². The lowest BCUT2D eigenvalue weighted by Crippen LogP contribution is -1.99. The van der Waals surface area contributed by atoms with E-state index >= 15 is 0 Å². The van der Waals surface area contributed by atoms with E-state index in [0.29, 0.717) is 0 Å². The average molecular weight is 218 g/mol. The Kier molecular flexibility index (Phi) is 4.86. The molecule has 0 amide bonds. The van der Waals surface area contributed by atoms with Crippen LogP contribution in [0.2, 0.25) is 0 Å². The van der Waals surface area contributed by atoms with Crippen LogP contribution in [-0.2, 0) is 9.53 Å². The van der Waals surface area contributed by atoms with Crippen molar-refractivity contribution < 1.29 is 14.3 Å². The highest BCUT2D eigenvalue weighted by Crippen LogP contribution is 2.12. The van der Waals surface area contributed by atoms with Crippen LogP contribution in [0.1, 0.15) is 5.56 Å². The van der Waals surface area contributed by atoms with E-state index in [9.17, 15) is 4.79 Å². The van der Waals surface area contributed by atoms with Gasteiger partial charge in [0.15, 0.2) is 0 Å². The first-order valence-corrected chi connectivity index (χ1v) is 4.86. The Morgan fingerprint density at radius 1 is 1.38 bits per heavy atom. The van der Waals surface area contributed by atoms with E-state index < -0.39 is 0 Å². The Bertz CT molecular complexity index is 377. The van der Waals surface area contributed by atoms with Gasteiger partial charge in [0, 0.05) is 6.08 Å². The van der Waals surface area contributed by atoms with Crippen molar-refractivity contribution in [2.45, 2.75) is 0 Å². The third-order valence-electron chi connectivity index (χ3n) is 1.87. The third kappa shape index (κ3) is 4.00. The minimum absolute atomic E-state index is 0.228. The Morgan fingerprint density at radius 2 is 2.06 bits per heavy atom. The first-order chi connectivity index (χ1) is 7.76. The van der Waals surface area contributed by atoms with Crippen LogP contribution >= 0.6 is 0 Å². The molecule has 84 valence electrons. The third-order valence-corrected chi connectivity index (χ3v) is 1.87. The van der Waals surface area contributed by atoms with Crippen molar-refractivity contribution in [2.24, 2.45) is 0 Å². The van der Waals surface area contributed by atoms with E-state index in [1.807, 2.05) is 24.3 Å². The van der Waals surface area contributed by atoms with Gasteiger partial charge in [-0.1, -0.05) is 24.8 Å². The molecule has 0 aliphatic heterocycles. The summed E-state index contributed by atoms with van der Waals surface area (Å²) in [6, 6.07) is 7.37. The molecule has 0 aliphatic rings. The summed E-state index contributed by atoms with van der Waals surface area (Å²) < 4.78 is 9.81. The molecule has 1 rings (SSSR count). The highest BCUT2D eigenvalue weighted by molar-refractivity contribution is 5.87. The van der Waals surface area contributed by atoms with Gasteiger partial charge in [-0.25, -0.2) is 4.79 Å². The molecule has 3 nitrogen and oxygen atoms in total. The molecule has 0 heterocycles. The predicted molar refractivity (Wildman–Crippen MR) is 63.2 cm³/mol. The van der Waals surface area contributed by atoms with Crippen LogP contribution in [0.5, 0.6) is 5.75 Å². The van der Waals surface area contributed by atoms with Crippen molar-refractivity contribution in [3.8, 4) is 5.75 Å². The van der Waals surface area contributed by atoms with E-state index in [-0.39, 0.29) is 12.6 Å². The summed E-state index contributed by atoms with van der Waals surface area (Å²) in [7, 11) is 1.61. The van der Waals surface area contributed by atoms with Crippen molar-refractivity contribution in [3.63, 3.8) is 0 Å². The molecule has 0 radical (unpaired) electrons. The van der Waals surface area contributed by atoms with Gasteiger partial charge in [0.2, 0.25) is 0 Å². The molecule has 0 saturated heterocycles. The zero-order valence-corrected chi connectivity index (χ0v) is 9.18. The van der Waals surface area contributed by atoms with Gasteiger partial charge in [-0.15, -0.1) is 0 Å². The fourth-order valence-corrected chi connectivity index (χ4v) is 1.07. The SMILES string of the molecule is C=CCOC(=O)/C=C/c1ccc(OC)cc1. The molecular weight excluding hydrogens is 204 g/mol. The van der Waals surface area contributed by atoms with Crippen LogP contribution in [0, 0.1) is 0 Å². The topological polar surface area (TPSA) is 35.5 Å². The van der Waals surface area contributed by atoms with Crippen LogP contribution in [0.3, 0.4) is 0 Å². The molecule has 0 atom stereocenters. The number of esters is 1. The second kappa shape index (κ2) is 6.45. The van der Waals surface area contributed by atoms with Crippen molar-refractivity contribution in [1.82, 2.24) is 0 Å². The zero-order valence-electron chi connectivity index (χ0n) is 9.18. The predicted octanol–water partition coefficient (Wildman–Crippen LogP) is 2.44. The standard InChI is InChI=1S/C13H14O3/c1-3-10-16-13(14)9-6-11-4-7-12(15-2)8-5-11/h3-9H,1,10H2,2H3/b9-6+. The highest BCUT2D eigenvalue weighted by Gasteiger charge is 1.94. The summed E-state index contributed by atoms with van der Waals surface area (Å²) >= 11 is 0. The van der Waals surface area contributed by atoms with Crippen molar-refractivity contribution in [2.75, 3.05) is 13.7 Å². The molecule has 0 saturated carbocycles. The van der Waals surface area contributed by atoms with Crippen LogP contribution < -0.4 is 4.74 Å². The summed E-state index contributed by atoms with van der Waals surface area (Å²) in [4.78, 5) is 11.1. The molecule has 0 bridgehead atoms. The quantitative estimate of drug-likeness (QED) is 0.432. The maximum atomic E-state index is 11.1. The molecule has 0 aromatic heterocycles. The Morgan fingerprint density at radius 3 is 2.62 bits per heavy atom. The highest BCUT2D eigenvalue weighted by atomic mass is 16.5. The number of hydrogen-bond acceptors (Lipinski definition) is 3. The summed E-state index contributed by atoms with van der Waals surface area (Å²) in [5, 5.41) is 0. The summed E-state index contributed by atoms with van der Waals surface area (Å²) in [6.45, 7) is 3.68. The Balaban J connectivity index is 2.55. The zero-order chi connectivity index (χ0) is 11.8. The number of rotatable bonds is 5. The van der Waals surface area contributed by atoms with Gasteiger partial charge in [0.1, 0.15) is 12.4 Å². The molecule has 0 fully saturated rings. The molecular formula is C13H14O3. The van der Waals surface area contributed by atoms with Gasteiger partial charge in [-0.05, 0) is 23.8 Å². The van der Waals surface area contributed by atoms with E-state index in [0.717, 1.165) is 11.3 Å². The maximum absolute atomic E-state index is 11.1. The number of carbonyl (C=O) groups excluding carboxylic acids is 1. The van der Waals surface area contributed by atoms with Gasteiger partial charge in [-0.2, -0.15) is 0 Å². The van der Waals surface area contributed by atoms with E-state index in [1.54, 1.807) is 13.2 Å². The number of carbonyl (C=O) groups is 1. The maximum Gasteiger partial charge on any atom is 0.331 e. The van der Waals surface area contributed by atoms with E-state index in [1.165, 1.54) is 12.2 Å². The molecule has 0 spiro atoms. The first-order valence-electron chi connectivity index (χ1n) is 4.86. The Labute approximate surface area is 95.0 Å². The van der Waals surface area contributed by atoms with Gasteiger partial charge in [0.25, 0.3) is 0 Å². The number of methoxy groups -OCH3 is 1. The minimum atomic E-state index is -0.379. The van der Waals surface area contributed by atoms with Gasteiger partial charge < -0.3 is 9.47 Å². The lowest BCUT2D eigenvalue weighted by molar-refractivity contribution is -0.136. The molecule has 0 unspecified atom stereocenters. The van der Waals surface area contributed by atoms with Gasteiger partial charge in [0.05, 0.1) is 7.11 Å². The van der Waals surface area contributed by atoms with E-state index in [2.05, 4.69) is 6.58 Å². The van der Waals surface area contributed by atoms with Crippen LogP contribution in [0.25, 0.3) is 6.08 Å². The largest absolute Gasteiger partial charge is 0.497 e. The number of ether oxygens (including phenoxy) is 2. The second-order valence-corrected chi connectivity index (χ2v) is 3.03. The number of hydrogen-bond donors (Lipinski definition) is 0. The van der Waals surface area contributed by atoms with Gasteiger partial charge in [-0.3, -0.25) is 0 Å². The van der Waals surface area contributed by atoms with Crippen molar-refractivity contribution in [3.05, 3.63) is 48.6 Å². The summed E-state index contributed by atoms with van der Waals surface area (Å²) in [5.41, 5.74) is 0.913. The first kappa shape index (κ1) is 12.0. The fourth-order valence-electron chi connectivity index (χ4n) is 1.07. The van der Waals surface area contributed by atoms with Crippen LogP contribution in [-0.4, -0.2) is 19.7 Å². The minimum Gasteiger partial charge on any atom is -0.497 e. The summed E-state index contributed by atoms with van der Waals surface area (Å²) in [6.07, 6.45) is 4.59. The Hall–Kier alpha value is -2.03. The summed E-state index contributed by atoms with van der Waals surface area (Å²) in [5.74, 6) is 0.405. The lowest BCUT2D eigenvalue weighted by atomic mass is 10.2. The molecule has 3 heteroatoms. The van der Waals surface area contributed by atoms with Crippen LogP contribution in [0.4, 0.5) is 0 Å². The smallest absolute Gasteiger partial charge is 0.331 e. The molecule has 1 aromatic rings. The normalized spacial score (nSPS) is 10.1. The van der Waals surface area contributed by atoms with Crippen molar-refractivity contribution in [1.29, 1.82) is 0 Å². The average Bonchev–Trinajstić information content (AvgIpc) is 2.34. The molecule has 0 N–H and O–H groups in total. The van der Waals surface area contributed by atoms with Gasteiger partial charge >= 0.3 is 5.97 Å². The number of benzene rings is 1. The molecule has 0 aliphatic carbocycles. The fraction of sp³-hybridized carbons (Fsp3) is 0.154. The van der Waals surface area contributed by atoms with Crippen LogP contribution in [0.15, 0.2) is 43.0 Å². The second-order valence-electron chi connectivity index (χ2n) is 3.03. The molecule has 16 heavy (non-hydrogen) atoms. The van der Waals surface area contributed by atoms with Crippen molar-refractivity contribution >= 4 is 12.0 Å². The molecule has 1 aromatic carbocycles.